The van der Waals surface area contributed by atoms with Gasteiger partial charge in [0, 0.05) is 25.3 Å². The van der Waals surface area contributed by atoms with E-state index in [0.29, 0.717) is 38.1 Å². The summed E-state index contributed by atoms with van der Waals surface area (Å²) in [6.45, 7) is 3.30. The molecule has 2 rings (SSSR count). The predicted octanol–water partition coefficient (Wildman–Crippen LogP) is 1.01. The van der Waals surface area contributed by atoms with Gasteiger partial charge in [0.15, 0.2) is 0 Å². The smallest absolute Gasteiger partial charge is 0.409 e. The lowest BCUT2D eigenvalue weighted by molar-refractivity contribution is 0.0860. The topological polar surface area (TPSA) is 97.5 Å². The van der Waals surface area contributed by atoms with Crippen LogP contribution in [0.2, 0.25) is 0 Å². The van der Waals surface area contributed by atoms with E-state index in [1.165, 1.54) is 0 Å². The molecule has 1 aromatic heterocycles. The molecule has 0 spiro atoms. The summed E-state index contributed by atoms with van der Waals surface area (Å²) in [7, 11) is 0. The number of likely N-dealkylation sites (tertiary alicyclic amines) is 1. The van der Waals surface area contributed by atoms with E-state index in [9.17, 15) is 9.59 Å². The Bertz CT molecular complexity index is 513. The molecule has 0 radical (unpaired) electrons. The zero-order chi connectivity index (χ0) is 15.2. The average Bonchev–Trinajstić information content (AvgIpc) is 2.48. The largest absolute Gasteiger partial charge is 0.450 e. The molecule has 1 aromatic rings. The monoisotopic (exact) mass is 292 g/mol. The molecule has 0 unspecified atom stereocenters. The minimum Gasteiger partial charge on any atom is -0.450 e. The number of carbonyl (C=O) groups excluding carboxylic acids is 2. The first-order valence-electron chi connectivity index (χ1n) is 7.05. The van der Waals surface area contributed by atoms with Crippen molar-refractivity contribution in [2.24, 2.45) is 0 Å². The van der Waals surface area contributed by atoms with E-state index in [-0.39, 0.29) is 23.9 Å². The van der Waals surface area contributed by atoms with Gasteiger partial charge in [-0.25, -0.2) is 9.78 Å². The summed E-state index contributed by atoms with van der Waals surface area (Å²) in [6, 6.07) is 3.35. The zero-order valence-corrected chi connectivity index (χ0v) is 12.0. The van der Waals surface area contributed by atoms with E-state index in [2.05, 4.69) is 10.3 Å². The number of ether oxygens (including phenoxy) is 1. The Hall–Kier alpha value is -2.31. The van der Waals surface area contributed by atoms with E-state index in [4.69, 9.17) is 10.5 Å². The van der Waals surface area contributed by atoms with Crippen LogP contribution in [-0.4, -0.2) is 47.6 Å². The highest BCUT2D eigenvalue weighted by atomic mass is 16.6. The molecule has 0 aromatic carbocycles. The minimum absolute atomic E-state index is 0.0304. The van der Waals surface area contributed by atoms with E-state index in [1.54, 1.807) is 30.2 Å². The third kappa shape index (κ3) is 3.84. The van der Waals surface area contributed by atoms with E-state index < -0.39 is 0 Å². The highest BCUT2D eigenvalue weighted by Crippen LogP contribution is 2.13. The quantitative estimate of drug-likeness (QED) is 0.866. The van der Waals surface area contributed by atoms with E-state index >= 15 is 0 Å². The van der Waals surface area contributed by atoms with Gasteiger partial charge in [-0.3, -0.25) is 4.79 Å². The number of nitrogens with zero attached hydrogens (tertiary/aromatic N) is 2. The summed E-state index contributed by atoms with van der Waals surface area (Å²) in [5.41, 5.74) is 6.06. The number of nitrogens with one attached hydrogen (secondary N) is 1. The molecule has 7 nitrogen and oxygen atoms in total. The van der Waals surface area contributed by atoms with E-state index in [0.717, 1.165) is 0 Å². The number of piperidine rings is 1. The normalized spacial score (nSPS) is 15.6. The number of rotatable bonds is 3. The van der Waals surface area contributed by atoms with Gasteiger partial charge in [0.1, 0.15) is 5.82 Å². The minimum atomic E-state index is -0.293. The lowest BCUT2D eigenvalue weighted by Crippen LogP contribution is -2.46. The van der Waals surface area contributed by atoms with Crippen LogP contribution < -0.4 is 11.1 Å². The number of nitrogen functional groups attached to an aromatic ring is 1. The number of anilines is 1. The number of hydrogen-bond acceptors (Lipinski definition) is 5. The first-order chi connectivity index (χ1) is 10.1. The maximum Gasteiger partial charge on any atom is 0.409 e. The fraction of sp³-hybridized carbons (Fsp3) is 0.500. The Kier molecular flexibility index (Phi) is 4.97. The van der Waals surface area contributed by atoms with Gasteiger partial charge in [0.25, 0.3) is 5.91 Å². The van der Waals surface area contributed by atoms with Crippen LogP contribution in [0, 0.1) is 0 Å². The number of pyridine rings is 1. The maximum atomic E-state index is 12.1. The third-order valence-electron chi connectivity index (χ3n) is 3.44. The zero-order valence-electron chi connectivity index (χ0n) is 12.0. The average molecular weight is 292 g/mol. The summed E-state index contributed by atoms with van der Waals surface area (Å²) < 4.78 is 4.96. The molecule has 21 heavy (non-hydrogen) atoms. The van der Waals surface area contributed by atoms with Crippen molar-refractivity contribution in [1.29, 1.82) is 0 Å². The maximum absolute atomic E-state index is 12.1. The van der Waals surface area contributed by atoms with Crippen LogP contribution in [0.4, 0.5) is 10.6 Å². The molecule has 1 aliphatic heterocycles. The molecule has 0 saturated carbocycles. The van der Waals surface area contributed by atoms with E-state index in [1.807, 2.05) is 0 Å². The van der Waals surface area contributed by atoms with Gasteiger partial charge in [-0.1, -0.05) is 0 Å². The van der Waals surface area contributed by atoms with Gasteiger partial charge in [0.05, 0.1) is 12.2 Å². The Morgan fingerprint density at radius 1 is 1.48 bits per heavy atom. The molecular formula is C14H20N4O3. The van der Waals surface area contributed by atoms with Crippen molar-refractivity contribution in [2.75, 3.05) is 25.4 Å². The standard InChI is InChI=1S/C14H20N4O3/c1-2-21-14(20)18-8-5-10(6-9-18)17-13(19)11-4-3-7-16-12(11)15/h3-4,7,10H,2,5-6,8-9H2,1H3,(H2,15,16)(H,17,19). The van der Waals surface area contributed by atoms with Crippen LogP contribution in [0.3, 0.4) is 0 Å². The summed E-state index contributed by atoms with van der Waals surface area (Å²) in [4.78, 5) is 29.3. The molecular weight excluding hydrogens is 272 g/mol. The Morgan fingerprint density at radius 2 is 2.19 bits per heavy atom. The van der Waals surface area contributed by atoms with Gasteiger partial charge < -0.3 is 20.7 Å². The van der Waals surface area contributed by atoms with Gasteiger partial charge in [-0.05, 0) is 31.9 Å². The molecule has 2 amide bonds. The van der Waals surface area contributed by atoms with Gasteiger partial charge in [0.2, 0.25) is 0 Å². The second-order valence-corrected chi connectivity index (χ2v) is 4.87. The van der Waals surface area contributed by atoms with Gasteiger partial charge in [-0.2, -0.15) is 0 Å². The van der Waals surface area contributed by atoms with Crippen LogP contribution >= 0.6 is 0 Å². The highest BCUT2D eigenvalue weighted by Gasteiger charge is 2.25. The Balaban J connectivity index is 1.85. The Labute approximate surface area is 123 Å². The fourth-order valence-electron chi connectivity index (χ4n) is 2.29. The SMILES string of the molecule is CCOC(=O)N1CCC(NC(=O)c2cccnc2N)CC1. The van der Waals surface area contributed by atoms with Crippen LogP contribution in [0.15, 0.2) is 18.3 Å². The number of amides is 2. The van der Waals surface area contributed by atoms with Crippen LogP contribution in [0.1, 0.15) is 30.1 Å². The molecule has 3 N–H and O–H groups in total. The number of hydrogen-bond donors (Lipinski definition) is 2. The fourth-order valence-corrected chi connectivity index (χ4v) is 2.29. The van der Waals surface area contributed by atoms with Gasteiger partial charge in [-0.15, -0.1) is 0 Å². The lowest BCUT2D eigenvalue weighted by atomic mass is 10.0. The second kappa shape index (κ2) is 6.92. The molecule has 0 atom stereocenters. The number of aromatic nitrogens is 1. The molecule has 1 saturated heterocycles. The molecule has 114 valence electrons. The van der Waals surface area contributed by atoms with Crippen molar-refractivity contribution >= 4 is 17.8 Å². The summed E-state index contributed by atoms with van der Waals surface area (Å²) >= 11 is 0. The van der Waals surface area contributed by atoms with Crippen molar-refractivity contribution in [2.45, 2.75) is 25.8 Å². The summed E-state index contributed by atoms with van der Waals surface area (Å²) in [6.07, 6.45) is 2.65. The molecule has 1 aliphatic rings. The van der Waals surface area contributed by atoms with Crippen LogP contribution in [0.25, 0.3) is 0 Å². The molecule has 7 heteroatoms. The van der Waals surface area contributed by atoms with Crippen molar-refractivity contribution in [3.63, 3.8) is 0 Å². The van der Waals surface area contributed by atoms with Crippen molar-refractivity contribution in [3.05, 3.63) is 23.9 Å². The summed E-state index contributed by atoms with van der Waals surface area (Å²) in [5, 5.41) is 2.93. The molecule has 0 bridgehead atoms. The number of nitrogens with two attached hydrogens (primary N) is 1. The van der Waals surface area contributed by atoms with Crippen molar-refractivity contribution in [1.82, 2.24) is 15.2 Å². The second-order valence-electron chi connectivity index (χ2n) is 4.87. The lowest BCUT2D eigenvalue weighted by Gasteiger charge is -2.31. The van der Waals surface area contributed by atoms with Crippen LogP contribution in [-0.2, 0) is 4.74 Å². The Morgan fingerprint density at radius 3 is 2.81 bits per heavy atom. The molecule has 0 aliphatic carbocycles. The predicted molar refractivity (Wildman–Crippen MR) is 77.7 cm³/mol. The van der Waals surface area contributed by atoms with Crippen molar-refractivity contribution < 1.29 is 14.3 Å². The molecule has 1 fully saturated rings. The van der Waals surface area contributed by atoms with Crippen molar-refractivity contribution in [3.8, 4) is 0 Å². The van der Waals surface area contributed by atoms with Crippen LogP contribution in [0.5, 0.6) is 0 Å². The molecule has 2 heterocycles. The summed E-state index contributed by atoms with van der Waals surface area (Å²) in [5.74, 6) is -0.00542. The first kappa shape index (κ1) is 15.1. The number of carbonyl (C=O) groups is 2. The first-order valence-corrected chi connectivity index (χ1v) is 7.05. The van der Waals surface area contributed by atoms with Gasteiger partial charge >= 0.3 is 6.09 Å². The highest BCUT2D eigenvalue weighted by molar-refractivity contribution is 5.98. The third-order valence-corrected chi connectivity index (χ3v) is 3.44.